The number of ether oxygens (including phenoxy) is 1. The molecule has 3 aliphatic heterocycles. The normalized spacial score (nSPS) is 29.6. The van der Waals surface area contributed by atoms with Crippen LogP contribution in [0.25, 0.3) is 0 Å². The average Bonchev–Trinajstić information content (AvgIpc) is 3.23. The van der Waals surface area contributed by atoms with Crippen molar-refractivity contribution in [3.05, 3.63) is 35.6 Å². The Morgan fingerprint density at radius 3 is 2.68 bits per heavy atom. The molecule has 0 spiro atoms. The van der Waals surface area contributed by atoms with E-state index in [2.05, 4.69) is 34.2 Å². The van der Waals surface area contributed by atoms with Crippen LogP contribution in [-0.4, -0.2) is 55.2 Å². The molecule has 3 heterocycles. The van der Waals surface area contributed by atoms with E-state index in [1.807, 2.05) is 0 Å². The van der Waals surface area contributed by atoms with Gasteiger partial charge in [0.15, 0.2) is 0 Å². The van der Waals surface area contributed by atoms with Gasteiger partial charge in [0.2, 0.25) is 0 Å². The molecule has 4 rings (SSSR count). The van der Waals surface area contributed by atoms with E-state index < -0.39 is 0 Å². The Labute approximate surface area is 134 Å². The van der Waals surface area contributed by atoms with Gasteiger partial charge in [0.05, 0.1) is 6.04 Å². The van der Waals surface area contributed by atoms with Crippen LogP contribution in [0.5, 0.6) is 0 Å². The standard InChI is InChI=1S/C19H28N2O/c1-2-9-20(8-1)11-12-21-10-5-17-3-4-18(15-19(17)21)16-6-13-22-14-7-16/h3-5,10,16,19H,1-2,6-9,11-15H2. The van der Waals surface area contributed by atoms with E-state index in [-0.39, 0.29) is 0 Å². The maximum atomic E-state index is 5.52. The molecule has 1 atom stereocenters. The zero-order valence-electron chi connectivity index (χ0n) is 13.5. The first-order valence-corrected chi connectivity index (χ1v) is 9.05. The van der Waals surface area contributed by atoms with E-state index in [9.17, 15) is 0 Å². The Kier molecular flexibility index (Phi) is 4.35. The van der Waals surface area contributed by atoms with E-state index in [1.165, 1.54) is 63.9 Å². The summed E-state index contributed by atoms with van der Waals surface area (Å²) in [4.78, 5) is 5.20. The van der Waals surface area contributed by atoms with Crippen molar-refractivity contribution in [1.29, 1.82) is 0 Å². The summed E-state index contributed by atoms with van der Waals surface area (Å²) in [7, 11) is 0. The Hall–Kier alpha value is -1.06. The van der Waals surface area contributed by atoms with Crippen molar-refractivity contribution >= 4 is 0 Å². The van der Waals surface area contributed by atoms with Gasteiger partial charge in [0, 0.05) is 32.5 Å². The molecule has 1 aliphatic carbocycles. The van der Waals surface area contributed by atoms with Gasteiger partial charge >= 0.3 is 0 Å². The summed E-state index contributed by atoms with van der Waals surface area (Å²) in [5, 5.41) is 0. The van der Waals surface area contributed by atoms with Gasteiger partial charge in [-0.3, -0.25) is 0 Å². The molecule has 0 radical (unpaired) electrons. The van der Waals surface area contributed by atoms with E-state index in [0.29, 0.717) is 6.04 Å². The Morgan fingerprint density at radius 2 is 1.86 bits per heavy atom. The highest BCUT2D eigenvalue weighted by Gasteiger charge is 2.30. The molecule has 2 saturated heterocycles. The Morgan fingerprint density at radius 1 is 1.05 bits per heavy atom. The highest BCUT2D eigenvalue weighted by Crippen LogP contribution is 2.35. The minimum absolute atomic E-state index is 0.602. The number of allylic oxidation sites excluding steroid dienone is 2. The summed E-state index contributed by atoms with van der Waals surface area (Å²) in [6.45, 7) is 6.90. The second-order valence-corrected chi connectivity index (χ2v) is 7.12. The first kappa shape index (κ1) is 14.5. The third kappa shape index (κ3) is 3.02. The van der Waals surface area contributed by atoms with Gasteiger partial charge < -0.3 is 14.5 Å². The summed E-state index contributed by atoms with van der Waals surface area (Å²) in [5.74, 6) is 0.757. The number of hydrogen-bond acceptors (Lipinski definition) is 3. The van der Waals surface area contributed by atoms with Gasteiger partial charge in [-0.1, -0.05) is 17.7 Å². The van der Waals surface area contributed by atoms with Gasteiger partial charge in [0.25, 0.3) is 0 Å². The van der Waals surface area contributed by atoms with Gasteiger partial charge in [-0.2, -0.15) is 0 Å². The lowest BCUT2D eigenvalue weighted by molar-refractivity contribution is 0.0741. The highest BCUT2D eigenvalue weighted by atomic mass is 16.5. The molecule has 0 amide bonds. The van der Waals surface area contributed by atoms with Gasteiger partial charge in [-0.15, -0.1) is 0 Å². The molecule has 3 heteroatoms. The van der Waals surface area contributed by atoms with Crippen molar-refractivity contribution < 1.29 is 4.74 Å². The quantitative estimate of drug-likeness (QED) is 0.794. The predicted molar refractivity (Wildman–Crippen MR) is 89.6 cm³/mol. The molecule has 3 nitrogen and oxygen atoms in total. The van der Waals surface area contributed by atoms with Crippen molar-refractivity contribution in [2.24, 2.45) is 5.92 Å². The lowest BCUT2D eigenvalue weighted by atomic mass is 9.83. The number of fused-ring (bicyclic) bond motifs is 1. The molecule has 1 unspecified atom stereocenters. The average molecular weight is 300 g/mol. The lowest BCUT2D eigenvalue weighted by Crippen LogP contribution is -2.37. The molecule has 0 aromatic heterocycles. The smallest absolute Gasteiger partial charge is 0.0575 e. The SMILES string of the molecule is C1=CN(CCN2CCCC2)C2CC(C3CCOCC3)=CC=C12. The Bertz CT molecular complexity index is 482. The number of likely N-dealkylation sites (tertiary alicyclic amines) is 1. The van der Waals surface area contributed by atoms with Crippen LogP contribution in [-0.2, 0) is 4.74 Å². The van der Waals surface area contributed by atoms with Gasteiger partial charge in [-0.05, 0) is 62.8 Å². The first-order valence-electron chi connectivity index (χ1n) is 9.05. The van der Waals surface area contributed by atoms with E-state index >= 15 is 0 Å². The van der Waals surface area contributed by atoms with Crippen molar-refractivity contribution in [3.8, 4) is 0 Å². The van der Waals surface area contributed by atoms with Crippen molar-refractivity contribution in [2.75, 3.05) is 39.4 Å². The zero-order chi connectivity index (χ0) is 14.8. The van der Waals surface area contributed by atoms with Crippen LogP contribution in [0.1, 0.15) is 32.1 Å². The zero-order valence-corrected chi connectivity index (χ0v) is 13.5. The molecule has 4 aliphatic rings. The number of rotatable bonds is 4. The summed E-state index contributed by atoms with van der Waals surface area (Å²) in [5.41, 5.74) is 3.17. The molecule has 0 aromatic carbocycles. The van der Waals surface area contributed by atoms with Gasteiger partial charge in [-0.25, -0.2) is 0 Å². The monoisotopic (exact) mass is 300 g/mol. The molecule has 0 N–H and O–H groups in total. The fraction of sp³-hybridized carbons (Fsp3) is 0.684. The van der Waals surface area contributed by atoms with Gasteiger partial charge in [0.1, 0.15) is 0 Å². The van der Waals surface area contributed by atoms with Crippen LogP contribution in [0.3, 0.4) is 0 Å². The fourth-order valence-electron chi connectivity index (χ4n) is 4.35. The third-order valence-corrected chi connectivity index (χ3v) is 5.78. The number of hydrogen-bond donors (Lipinski definition) is 0. The number of nitrogens with zero attached hydrogens (tertiary/aromatic N) is 2. The second-order valence-electron chi connectivity index (χ2n) is 7.12. The van der Waals surface area contributed by atoms with Crippen molar-refractivity contribution in [3.63, 3.8) is 0 Å². The molecule has 22 heavy (non-hydrogen) atoms. The Balaban J connectivity index is 1.36. The van der Waals surface area contributed by atoms with Crippen LogP contribution in [0.2, 0.25) is 0 Å². The minimum atomic E-state index is 0.602. The van der Waals surface area contributed by atoms with Crippen LogP contribution in [0.15, 0.2) is 35.6 Å². The summed E-state index contributed by atoms with van der Waals surface area (Å²) < 4.78 is 5.52. The molecule has 0 bridgehead atoms. The van der Waals surface area contributed by atoms with E-state index in [0.717, 1.165) is 19.1 Å². The second kappa shape index (κ2) is 6.59. The molecule has 2 fully saturated rings. The fourth-order valence-corrected chi connectivity index (χ4v) is 4.35. The van der Waals surface area contributed by atoms with Crippen LogP contribution < -0.4 is 0 Å². The maximum absolute atomic E-state index is 5.52. The van der Waals surface area contributed by atoms with Crippen LogP contribution >= 0.6 is 0 Å². The van der Waals surface area contributed by atoms with Crippen molar-refractivity contribution in [1.82, 2.24) is 9.80 Å². The molecule has 0 aromatic rings. The highest BCUT2D eigenvalue weighted by molar-refractivity contribution is 5.40. The molecule has 120 valence electrons. The third-order valence-electron chi connectivity index (χ3n) is 5.78. The van der Waals surface area contributed by atoms with E-state index in [1.54, 1.807) is 5.57 Å². The maximum Gasteiger partial charge on any atom is 0.0575 e. The summed E-state index contributed by atoms with van der Waals surface area (Å²) >= 11 is 0. The molecular formula is C19H28N2O. The largest absolute Gasteiger partial charge is 0.381 e. The minimum Gasteiger partial charge on any atom is -0.381 e. The summed E-state index contributed by atoms with van der Waals surface area (Å²) in [6, 6.07) is 0.602. The molecular weight excluding hydrogens is 272 g/mol. The summed E-state index contributed by atoms with van der Waals surface area (Å²) in [6.07, 6.45) is 15.8. The first-order chi connectivity index (χ1) is 10.9. The van der Waals surface area contributed by atoms with E-state index in [4.69, 9.17) is 4.74 Å². The van der Waals surface area contributed by atoms with Crippen molar-refractivity contribution in [2.45, 2.75) is 38.1 Å². The lowest BCUT2D eigenvalue weighted by Gasteiger charge is -2.34. The predicted octanol–water partition coefficient (Wildman–Crippen LogP) is 2.96. The molecule has 0 saturated carbocycles. The topological polar surface area (TPSA) is 15.7 Å². The van der Waals surface area contributed by atoms with Crippen LogP contribution in [0, 0.1) is 5.92 Å². The van der Waals surface area contributed by atoms with Crippen LogP contribution in [0.4, 0.5) is 0 Å².